The number of thioether (sulfide) groups is 1. The second-order valence-electron chi connectivity index (χ2n) is 5.38. The Bertz CT molecular complexity index is 530. The molecule has 1 aromatic rings. The first-order valence-electron chi connectivity index (χ1n) is 8.63. The van der Waals surface area contributed by atoms with Gasteiger partial charge in [-0.3, -0.25) is 9.79 Å². The molecule has 0 saturated carbocycles. The van der Waals surface area contributed by atoms with Gasteiger partial charge in [-0.2, -0.15) is 0 Å². The average Bonchev–Trinajstić information content (AvgIpc) is 2.62. The summed E-state index contributed by atoms with van der Waals surface area (Å²) in [5.41, 5.74) is 0. The number of ether oxygens (including phenoxy) is 1. The van der Waals surface area contributed by atoms with Crippen molar-refractivity contribution in [3.05, 3.63) is 30.1 Å². The van der Waals surface area contributed by atoms with E-state index < -0.39 is 0 Å². The summed E-state index contributed by atoms with van der Waals surface area (Å²) in [5.74, 6) is 1.36. The fraction of sp³-hybridized carbons (Fsp3) is 0.556. The molecule has 0 unspecified atom stereocenters. The predicted molar refractivity (Wildman–Crippen MR) is 117 cm³/mol. The van der Waals surface area contributed by atoms with E-state index in [4.69, 9.17) is 0 Å². The number of unbranched alkanes of at least 4 members (excludes halogenated alkanes) is 1. The predicted octanol–water partition coefficient (Wildman–Crippen LogP) is 3.82. The third-order valence-corrected chi connectivity index (χ3v) is 4.43. The number of hydrogen-bond acceptors (Lipinski definition) is 4. The van der Waals surface area contributed by atoms with Gasteiger partial charge in [-0.05, 0) is 56.2 Å². The topological polar surface area (TPSA) is 62.7 Å². The molecule has 1 aromatic carbocycles. The molecule has 8 heteroatoms. The fourth-order valence-corrected chi connectivity index (χ4v) is 2.86. The van der Waals surface area contributed by atoms with Crippen LogP contribution in [0.15, 0.2) is 34.2 Å². The van der Waals surface area contributed by atoms with Crippen molar-refractivity contribution in [3.8, 4) is 0 Å². The van der Waals surface area contributed by atoms with Crippen LogP contribution in [0.1, 0.15) is 32.6 Å². The van der Waals surface area contributed by atoms with Gasteiger partial charge in [0.15, 0.2) is 5.96 Å². The second kappa shape index (κ2) is 16.2. The molecule has 0 aliphatic rings. The van der Waals surface area contributed by atoms with Crippen LogP contribution in [0.5, 0.6) is 0 Å². The molecule has 0 amide bonds. The van der Waals surface area contributed by atoms with Crippen LogP contribution in [0.4, 0.5) is 4.39 Å². The molecular formula is C18H29FIN3O2S. The van der Waals surface area contributed by atoms with Crippen LogP contribution in [-0.2, 0) is 9.53 Å². The van der Waals surface area contributed by atoms with Gasteiger partial charge in [0.1, 0.15) is 5.82 Å². The number of benzene rings is 1. The van der Waals surface area contributed by atoms with Gasteiger partial charge in [0, 0.05) is 31.0 Å². The lowest BCUT2D eigenvalue weighted by Crippen LogP contribution is -2.37. The highest BCUT2D eigenvalue weighted by Gasteiger charge is 2.01. The maximum atomic E-state index is 12.8. The zero-order chi connectivity index (χ0) is 18.3. The minimum Gasteiger partial charge on any atom is -0.469 e. The normalized spacial score (nSPS) is 10.8. The summed E-state index contributed by atoms with van der Waals surface area (Å²) in [6, 6.07) is 6.55. The van der Waals surface area contributed by atoms with Gasteiger partial charge in [0.25, 0.3) is 0 Å². The van der Waals surface area contributed by atoms with Gasteiger partial charge in [-0.25, -0.2) is 4.39 Å². The quantitative estimate of drug-likeness (QED) is 0.122. The maximum absolute atomic E-state index is 12.8. The summed E-state index contributed by atoms with van der Waals surface area (Å²) in [6.07, 6.45) is 3.08. The fourth-order valence-electron chi connectivity index (χ4n) is 2.02. The highest BCUT2D eigenvalue weighted by Crippen LogP contribution is 2.18. The van der Waals surface area contributed by atoms with Crippen LogP contribution in [0.25, 0.3) is 0 Å². The zero-order valence-electron chi connectivity index (χ0n) is 15.4. The van der Waals surface area contributed by atoms with E-state index in [1.54, 1.807) is 23.9 Å². The Morgan fingerprint density at radius 2 is 1.92 bits per heavy atom. The van der Waals surface area contributed by atoms with Gasteiger partial charge < -0.3 is 15.4 Å². The third kappa shape index (κ3) is 12.3. The van der Waals surface area contributed by atoms with Crippen LogP contribution in [0.2, 0.25) is 0 Å². The molecule has 0 heterocycles. The zero-order valence-corrected chi connectivity index (χ0v) is 18.6. The molecule has 26 heavy (non-hydrogen) atoms. The molecule has 148 valence electrons. The minimum atomic E-state index is -0.207. The van der Waals surface area contributed by atoms with E-state index in [-0.39, 0.29) is 35.8 Å². The number of esters is 1. The van der Waals surface area contributed by atoms with E-state index in [9.17, 15) is 9.18 Å². The number of guanidine groups is 1. The second-order valence-corrected chi connectivity index (χ2v) is 6.54. The summed E-state index contributed by atoms with van der Waals surface area (Å²) >= 11 is 1.70. The first-order chi connectivity index (χ1) is 12.2. The molecule has 0 atom stereocenters. The van der Waals surface area contributed by atoms with Crippen molar-refractivity contribution >= 4 is 47.7 Å². The van der Waals surface area contributed by atoms with E-state index in [1.165, 1.54) is 19.2 Å². The summed E-state index contributed by atoms with van der Waals surface area (Å²) in [5, 5.41) is 6.47. The highest BCUT2D eigenvalue weighted by molar-refractivity contribution is 14.0. The number of hydrogen-bond donors (Lipinski definition) is 2. The third-order valence-electron chi connectivity index (χ3n) is 3.33. The van der Waals surface area contributed by atoms with Crippen LogP contribution in [0, 0.1) is 5.82 Å². The number of halogens is 2. The summed E-state index contributed by atoms with van der Waals surface area (Å²) in [6.45, 7) is 4.33. The lowest BCUT2D eigenvalue weighted by atomic mass is 10.2. The van der Waals surface area contributed by atoms with E-state index in [1.807, 2.05) is 6.92 Å². The van der Waals surface area contributed by atoms with Crippen LogP contribution in [-0.4, -0.2) is 44.4 Å². The molecule has 1 rings (SSSR count). The molecule has 0 aromatic heterocycles. The molecular weight excluding hydrogens is 468 g/mol. The molecule has 0 bridgehead atoms. The van der Waals surface area contributed by atoms with E-state index >= 15 is 0 Å². The lowest BCUT2D eigenvalue weighted by Gasteiger charge is -2.11. The molecule has 0 saturated heterocycles. The summed E-state index contributed by atoms with van der Waals surface area (Å²) < 4.78 is 17.4. The van der Waals surface area contributed by atoms with Gasteiger partial charge in [-0.1, -0.05) is 0 Å². The molecule has 0 radical (unpaired) electrons. The van der Waals surface area contributed by atoms with Gasteiger partial charge in [0.2, 0.25) is 0 Å². The summed E-state index contributed by atoms with van der Waals surface area (Å²) in [4.78, 5) is 16.6. The monoisotopic (exact) mass is 497 g/mol. The van der Waals surface area contributed by atoms with E-state index in [2.05, 4.69) is 20.4 Å². The SMILES string of the molecule is CCNC(=NCCCSc1ccc(F)cc1)NCCCCC(=O)OC.I. The van der Waals surface area contributed by atoms with Gasteiger partial charge in [-0.15, -0.1) is 35.7 Å². The lowest BCUT2D eigenvalue weighted by molar-refractivity contribution is -0.140. The Kier molecular flexibility index (Phi) is 15.5. The van der Waals surface area contributed by atoms with Crippen molar-refractivity contribution in [1.82, 2.24) is 10.6 Å². The Balaban J connectivity index is 0.00000625. The van der Waals surface area contributed by atoms with Crippen molar-refractivity contribution in [2.24, 2.45) is 4.99 Å². The van der Waals surface area contributed by atoms with Crippen molar-refractivity contribution in [2.45, 2.75) is 37.5 Å². The first-order valence-corrected chi connectivity index (χ1v) is 9.61. The minimum absolute atomic E-state index is 0. The van der Waals surface area contributed by atoms with Gasteiger partial charge in [0.05, 0.1) is 7.11 Å². The molecule has 2 N–H and O–H groups in total. The maximum Gasteiger partial charge on any atom is 0.305 e. The Hall–Kier alpha value is -1.03. The number of aliphatic imine (C=N–C) groups is 1. The smallest absolute Gasteiger partial charge is 0.305 e. The molecule has 5 nitrogen and oxygen atoms in total. The highest BCUT2D eigenvalue weighted by atomic mass is 127. The Morgan fingerprint density at radius 3 is 2.58 bits per heavy atom. The molecule has 0 aliphatic carbocycles. The Morgan fingerprint density at radius 1 is 1.19 bits per heavy atom. The van der Waals surface area contributed by atoms with Crippen LogP contribution >= 0.6 is 35.7 Å². The van der Waals surface area contributed by atoms with E-state index in [0.717, 1.165) is 55.5 Å². The molecule has 0 aliphatic heterocycles. The first kappa shape index (κ1) is 25.0. The van der Waals surface area contributed by atoms with Crippen molar-refractivity contribution < 1.29 is 13.9 Å². The number of rotatable bonds is 11. The van der Waals surface area contributed by atoms with E-state index in [0.29, 0.717) is 6.42 Å². The van der Waals surface area contributed by atoms with Crippen molar-refractivity contribution in [1.29, 1.82) is 0 Å². The van der Waals surface area contributed by atoms with Crippen LogP contribution in [0.3, 0.4) is 0 Å². The van der Waals surface area contributed by atoms with Crippen molar-refractivity contribution in [3.63, 3.8) is 0 Å². The molecule has 0 spiro atoms. The van der Waals surface area contributed by atoms with Gasteiger partial charge >= 0.3 is 5.97 Å². The summed E-state index contributed by atoms with van der Waals surface area (Å²) in [7, 11) is 1.41. The number of methoxy groups -OCH3 is 1. The molecule has 0 fully saturated rings. The number of nitrogens with zero attached hydrogens (tertiary/aromatic N) is 1. The van der Waals surface area contributed by atoms with Crippen LogP contribution < -0.4 is 10.6 Å². The standard InChI is InChI=1S/C18H28FN3O2S.HI/c1-3-20-18(21-12-5-4-7-17(23)24-2)22-13-6-14-25-16-10-8-15(19)9-11-16;/h8-11H,3-7,12-14H2,1-2H3,(H2,20,21,22);1H. The number of carbonyl (C=O) groups excluding carboxylic acids is 1. The largest absolute Gasteiger partial charge is 0.469 e. The van der Waals surface area contributed by atoms with Crippen molar-refractivity contribution in [2.75, 3.05) is 32.5 Å². The number of carbonyl (C=O) groups is 1. The average molecular weight is 497 g/mol. The Labute approximate surface area is 177 Å². The number of nitrogens with one attached hydrogen (secondary N) is 2.